The van der Waals surface area contributed by atoms with Gasteiger partial charge in [0, 0.05) is 24.9 Å². The van der Waals surface area contributed by atoms with Crippen molar-refractivity contribution in [2.24, 2.45) is 5.73 Å². The molecule has 1 aromatic carbocycles. The van der Waals surface area contributed by atoms with Gasteiger partial charge < -0.3 is 15.8 Å². The van der Waals surface area contributed by atoms with Crippen molar-refractivity contribution in [1.82, 2.24) is 10.2 Å². The second kappa shape index (κ2) is 6.97. The fraction of sp³-hybridized carbons (Fsp3) is 0.308. The van der Waals surface area contributed by atoms with Crippen molar-refractivity contribution >= 4 is 22.4 Å². The topological polar surface area (TPSA) is 90.1 Å². The molecule has 2 aromatic rings. The van der Waals surface area contributed by atoms with E-state index in [1.165, 1.54) is 11.3 Å². The first-order valence-electron chi connectivity index (χ1n) is 6.17. The number of carbonyl (C=O) groups is 1. The molecule has 7 heteroatoms. The monoisotopic (exact) mass is 292 g/mol. The quantitative estimate of drug-likeness (QED) is 0.840. The predicted molar refractivity (Wildman–Crippen MR) is 78.0 cm³/mol. The number of amides is 1. The summed E-state index contributed by atoms with van der Waals surface area (Å²) in [6.45, 7) is 0.318. The zero-order valence-corrected chi connectivity index (χ0v) is 11.9. The number of para-hydroxylation sites is 1. The summed E-state index contributed by atoms with van der Waals surface area (Å²) in [6.07, 6.45) is 0.899. The van der Waals surface area contributed by atoms with Crippen LogP contribution in [0.25, 0.3) is 0 Å². The van der Waals surface area contributed by atoms with E-state index in [1.807, 2.05) is 24.3 Å². The van der Waals surface area contributed by atoms with Crippen LogP contribution in [0.1, 0.15) is 17.0 Å². The number of nitrogens with zero attached hydrogens (tertiary/aromatic N) is 2. The molecule has 0 radical (unpaired) electrons. The van der Waals surface area contributed by atoms with E-state index in [-0.39, 0.29) is 12.3 Å². The van der Waals surface area contributed by atoms with Gasteiger partial charge in [0.05, 0.1) is 7.11 Å². The van der Waals surface area contributed by atoms with E-state index in [4.69, 9.17) is 10.5 Å². The Bertz CT molecular complexity index is 585. The maximum Gasteiger partial charge on any atom is 0.227 e. The molecule has 6 nitrogen and oxygen atoms in total. The number of carbonyl (C=O) groups excluding carboxylic acids is 1. The molecule has 0 fully saturated rings. The Kier molecular flexibility index (Phi) is 5.03. The van der Waals surface area contributed by atoms with E-state index in [0.29, 0.717) is 18.1 Å². The zero-order chi connectivity index (χ0) is 14.4. The zero-order valence-electron chi connectivity index (χ0n) is 11.1. The first-order chi connectivity index (χ1) is 9.72. The molecule has 0 saturated heterocycles. The highest BCUT2D eigenvalue weighted by Crippen LogP contribution is 2.24. The highest BCUT2D eigenvalue weighted by Gasteiger charge is 2.10. The van der Waals surface area contributed by atoms with Crippen molar-refractivity contribution in [2.75, 3.05) is 19.0 Å². The van der Waals surface area contributed by atoms with Gasteiger partial charge in [-0.05, 0) is 6.07 Å². The van der Waals surface area contributed by atoms with Crippen molar-refractivity contribution in [3.05, 3.63) is 34.8 Å². The lowest BCUT2D eigenvalue weighted by Gasteiger charge is -2.05. The molecule has 0 bridgehead atoms. The molecular formula is C13H16N4O2S. The number of nitrogens with two attached hydrogens (primary N) is 1. The smallest absolute Gasteiger partial charge is 0.227 e. The van der Waals surface area contributed by atoms with Crippen LogP contribution in [-0.2, 0) is 11.2 Å². The maximum atomic E-state index is 11.4. The lowest BCUT2D eigenvalue weighted by atomic mass is 10.1. The van der Waals surface area contributed by atoms with Crippen LogP contribution in [0.5, 0.6) is 5.75 Å². The van der Waals surface area contributed by atoms with Crippen LogP contribution >= 0.6 is 11.3 Å². The number of benzene rings is 1. The van der Waals surface area contributed by atoms with Crippen molar-refractivity contribution in [2.45, 2.75) is 12.8 Å². The van der Waals surface area contributed by atoms with E-state index >= 15 is 0 Å². The third-order valence-corrected chi connectivity index (χ3v) is 3.46. The van der Waals surface area contributed by atoms with Gasteiger partial charge in [-0.2, -0.15) is 0 Å². The molecular weight excluding hydrogens is 276 g/mol. The molecule has 1 amide bonds. The van der Waals surface area contributed by atoms with E-state index in [9.17, 15) is 4.79 Å². The number of anilines is 1. The Morgan fingerprint density at radius 2 is 2.20 bits per heavy atom. The first kappa shape index (κ1) is 14.4. The Morgan fingerprint density at radius 1 is 1.40 bits per heavy atom. The van der Waals surface area contributed by atoms with Crippen LogP contribution in [-0.4, -0.2) is 29.8 Å². The summed E-state index contributed by atoms with van der Waals surface area (Å²) in [6, 6.07) is 7.75. The highest BCUT2D eigenvalue weighted by atomic mass is 32.1. The normalized spacial score (nSPS) is 10.3. The minimum absolute atomic E-state index is 0.146. The minimum atomic E-state index is -0.146. The molecule has 0 spiro atoms. The molecule has 0 aliphatic carbocycles. The lowest BCUT2D eigenvalue weighted by molar-refractivity contribution is -0.116. The van der Waals surface area contributed by atoms with Gasteiger partial charge in [-0.1, -0.05) is 29.5 Å². The molecule has 0 atom stereocenters. The number of hydrogen-bond donors (Lipinski definition) is 2. The Labute approximate surface area is 121 Å². The number of methoxy groups -OCH3 is 1. The SMILES string of the molecule is COc1ccccc1Cc1nnc(NC(=O)CCN)s1. The third kappa shape index (κ3) is 3.75. The summed E-state index contributed by atoms with van der Waals surface area (Å²) in [5.41, 5.74) is 6.35. The second-order valence-electron chi connectivity index (χ2n) is 4.08. The van der Waals surface area contributed by atoms with E-state index in [0.717, 1.165) is 16.3 Å². The molecule has 106 valence electrons. The van der Waals surface area contributed by atoms with Gasteiger partial charge in [-0.3, -0.25) is 4.79 Å². The van der Waals surface area contributed by atoms with Crippen molar-refractivity contribution in [1.29, 1.82) is 0 Å². The lowest BCUT2D eigenvalue weighted by Crippen LogP contribution is -2.15. The van der Waals surface area contributed by atoms with Crippen LogP contribution in [0.3, 0.4) is 0 Å². The first-order valence-corrected chi connectivity index (χ1v) is 6.98. The molecule has 3 N–H and O–H groups in total. The van der Waals surface area contributed by atoms with Gasteiger partial charge in [-0.25, -0.2) is 0 Å². The molecule has 0 aliphatic rings. The molecule has 1 heterocycles. The van der Waals surface area contributed by atoms with Gasteiger partial charge in [0.25, 0.3) is 0 Å². The fourth-order valence-electron chi connectivity index (χ4n) is 1.70. The number of hydrogen-bond acceptors (Lipinski definition) is 6. The maximum absolute atomic E-state index is 11.4. The van der Waals surface area contributed by atoms with Crippen LogP contribution in [0.2, 0.25) is 0 Å². The number of ether oxygens (including phenoxy) is 1. The fourth-order valence-corrected chi connectivity index (χ4v) is 2.48. The molecule has 0 unspecified atom stereocenters. The average molecular weight is 292 g/mol. The Morgan fingerprint density at radius 3 is 2.95 bits per heavy atom. The summed E-state index contributed by atoms with van der Waals surface area (Å²) in [4.78, 5) is 11.4. The molecule has 20 heavy (non-hydrogen) atoms. The van der Waals surface area contributed by atoms with Gasteiger partial charge in [0.15, 0.2) is 0 Å². The molecule has 1 aromatic heterocycles. The summed E-state index contributed by atoms with van der Waals surface area (Å²) in [7, 11) is 1.64. The number of aromatic nitrogens is 2. The highest BCUT2D eigenvalue weighted by molar-refractivity contribution is 7.15. The Hall–Kier alpha value is -1.99. The van der Waals surface area contributed by atoms with Crippen LogP contribution in [0, 0.1) is 0 Å². The Balaban J connectivity index is 2.04. The largest absolute Gasteiger partial charge is 0.496 e. The minimum Gasteiger partial charge on any atom is -0.496 e. The summed E-state index contributed by atoms with van der Waals surface area (Å²) >= 11 is 1.35. The van der Waals surface area contributed by atoms with Gasteiger partial charge in [0.2, 0.25) is 11.0 Å². The van der Waals surface area contributed by atoms with Gasteiger partial charge in [0.1, 0.15) is 10.8 Å². The standard InChI is InChI=1S/C13H16N4O2S/c1-19-10-5-3-2-4-9(10)8-12-16-17-13(20-12)15-11(18)6-7-14/h2-5H,6-8,14H2,1H3,(H,15,17,18). The van der Waals surface area contributed by atoms with Gasteiger partial charge >= 0.3 is 0 Å². The molecule has 0 aliphatic heterocycles. The predicted octanol–water partition coefficient (Wildman–Crippen LogP) is 1.42. The van der Waals surface area contributed by atoms with E-state index in [1.54, 1.807) is 7.11 Å². The van der Waals surface area contributed by atoms with Crippen molar-refractivity contribution < 1.29 is 9.53 Å². The number of rotatable bonds is 6. The van der Waals surface area contributed by atoms with Gasteiger partial charge in [-0.15, -0.1) is 10.2 Å². The van der Waals surface area contributed by atoms with Crippen LogP contribution in [0.4, 0.5) is 5.13 Å². The third-order valence-electron chi connectivity index (χ3n) is 2.62. The van der Waals surface area contributed by atoms with Crippen molar-refractivity contribution in [3.8, 4) is 5.75 Å². The summed E-state index contributed by atoms with van der Waals surface area (Å²) in [5, 5.41) is 12.0. The average Bonchev–Trinajstić information content (AvgIpc) is 2.87. The molecule has 2 rings (SSSR count). The van der Waals surface area contributed by atoms with Crippen molar-refractivity contribution in [3.63, 3.8) is 0 Å². The summed E-state index contributed by atoms with van der Waals surface area (Å²) in [5.74, 6) is 0.670. The van der Waals surface area contributed by atoms with Crippen LogP contribution in [0.15, 0.2) is 24.3 Å². The van der Waals surface area contributed by atoms with E-state index in [2.05, 4.69) is 15.5 Å². The second-order valence-corrected chi connectivity index (χ2v) is 5.14. The number of nitrogens with one attached hydrogen (secondary N) is 1. The molecule has 0 saturated carbocycles. The summed E-state index contributed by atoms with van der Waals surface area (Å²) < 4.78 is 5.29. The van der Waals surface area contributed by atoms with E-state index < -0.39 is 0 Å². The van der Waals surface area contributed by atoms with Crippen LogP contribution < -0.4 is 15.8 Å².